The number of hydrogen-bond acceptors (Lipinski definition) is 4. The number of nitrogens with zero attached hydrogens (tertiary/aromatic N) is 2. The van der Waals surface area contributed by atoms with E-state index >= 15 is 0 Å². The average Bonchev–Trinajstić information content (AvgIpc) is 2.59. The summed E-state index contributed by atoms with van der Waals surface area (Å²) in [5.41, 5.74) is 3.23. The van der Waals surface area contributed by atoms with Crippen molar-refractivity contribution in [3.05, 3.63) is 48.3 Å². The van der Waals surface area contributed by atoms with Crippen LogP contribution in [0.25, 0.3) is 22.2 Å². The molecule has 0 saturated carbocycles. The highest BCUT2D eigenvalue weighted by Crippen LogP contribution is 2.35. The Balaban J connectivity index is 2.33. The first-order valence-corrected chi connectivity index (χ1v) is 6.71. The van der Waals surface area contributed by atoms with Crippen molar-refractivity contribution in [3.63, 3.8) is 0 Å². The van der Waals surface area contributed by atoms with Gasteiger partial charge in [0.05, 0.1) is 25.4 Å². The van der Waals surface area contributed by atoms with Crippen LogP contribution in [0.5, 0.6) is 11.5 Å². The second-order valence-corrected chi connectivity index (χ2v) is 4.64. The molecule has 1 aromatic heterocycles. The number of methoxy groups -OCH3 is 2. The van der Waals surface area contributed by atoms with Crippen molar-refractivity contribution >= 4 is 10.9 Å². The minimum atomic E-state index is 0.629. The van der Waals surface area contributed by atoms with Crippen LogP contribution in [0.2, 0.25) is 0 Å². The predicted molar refractivity (Wildman–Crippen MR) is 86.0 cm³/mol. The molecule has 0 saturated heterocycles. The van der Waals surface area contributed by atoms with Gasteiger partial charge in [-0.2, -0.15) is 0 Å². The predicted octanol–water partition coefficient (Wildman–Crippen LogP) is 3.30. The fraction of sp³-hybridized carbons (Fsp3) is 0.111. The molecule has 3 aromatic rings. The molecule has 0 bridgehead atoms. The largest absolute Gasteiger partial charge is 0.493 e. The van der Waals surface area contributed by atoms with E-state index in [1.54, 1.807) is 14.2 Å². The number of hydrogen-bond donors (Lipinski definition) is 0. The van der Waals surface area contributed by atoms with Gasteiger partial charge in [-0.3, -0.25) is 0 Å². The van der Waals surface area contributed by atoms with Crippen LogP contribution in [0.15, 0.2) is 42.7 Å². The van der Waals surface area contributed by atoms with Gasteiger partial charge >= 0.3 is 0 Å². The van der Waals surface area contributed by atoms with Gasteiger partial charge in [0.25, 0.3) is 0 Å². The highest BCUT2D eigenvalue weighted by Gasteiger charge is 2.13. The van der Waals surface area contributed by atoms with Gasteiger partial charge in [-0.25, -0.2) is 9.97 Å². The molecular formula is C18H14N2O2. The molecule has 0 amide bonds. The summed E-state index contributed by atoms with van der Waals surface area (Å²) in [6, 6.07) is 11.4. The van der Waals surface area contributed by atoms with Gasteiger partial charge in [0, 0.05) is 22.6 Å². The summed E-state index contributed by atoms with van der Waals surface area (Å²) in [7, 11) is 3.20. The molecule has 2 aromatic carbocycles. The van der Waals surface area contributed by atoms with Crippen LogP contribution >= 0.6 is 0 Å². The standard InChI is InChI=1S/C18H14N2O2/c1-4-12-7-5-6-8-13(12)18-14-9-16(21-2)17(22-3)10-15(14)19-11-20-18/h1,5-11H,2-3H3. The summed E-state index contributed by atoms with van der Waals surface area (Å²) in [6.07, 6.45) is 7.12. The average molecular weight is 290 g/mol. The summed E-state index contributed by atoms with van der Waals surface area (Å²) in [5.74, 6) is 3.95. The zero-order chi connectivity index (χ0) is 15.5. The number of terminal acetylenes is 1. The quantitative estimate of drug-likeness (QED) is 0.694. The Morgan fingerprint density at radius 1 is 1.00 bits per heavy atom. The maximum absolute atomic E-state index is 5.60. The summed E-state index contributed by atoms with van der Waals surface area (Å²) in [5, 5.41) is 0.864. The maximum atomic E-state index is 5.60. The van der Waals surface area contributed by atoms with Gasteiger partial charge in [-0.15, -0.1) is 6.42 Å². The molecule has 0 spiro atoms. The number of rotatable bonds is 3. The van der Waals surface area contributed by atoms with Gasteiger partial charge in [0.15, 0.2) is 11.5 Å². The maximum Gasteiger partial charge on any atom is 0.162 e. The fourth-order valence-electron chi connectivity index (χ4n) is 2.41. The first kappa shape index (κ1) is 13.9. The Morgan fingerprint density at radius 2 is 1.73 bits per heavy atom. The SMILES string of the molecule is C#Cc1ccccc1-c1ncnc2cc(OC)c(OC)cc12. The Hall–Kier alpha value is -3.06. The lowest BCUT2D eigenvalue weighted by atomic mass is 10.0. The Bertz CT molecular complexity index is 882. The molecule has 108 valence electrons. The Labute approximate surface area is 128 Å². The van der Waals surface area contributed by atoms with Crippen molar-refractivity contribution in [1.29, 1.82) is 0 Å². The summed E-state index contributed by atoms with van der Waals surface area (Å²) in [4.78, 5) is 8.72. The molecule has 0 fully saturated rings. The van der Waals surface area contributed by atoms with Crippen molar-refractivity contribution < 1.29 is 9.47 Å². The van der Waals surface area contributed by atoms with Gasteiger partial charge in [0.1, 0.15) is 6.33 Å². The van der Waals surface area contributed by atoms with Crippen LogP contribution < -0.4 is 9.47 Å². The molecule has 4 heteroatoms. The third-order valence-electron chi connectivity index (χ3n) is 3.48. The van der Waals surface area contributed by atoms with E-state index in [1.807, 2.05) is 36.4 Å². The molecule has 0 aliphatic carbocycles. The van der Waals surface area contributed by atoms with E-state index in [0.29, 0.717) is 11.5 Å². The second-order valence-electron chi connectivity index (χ2n) is 4.64. The van der Waals surface area contributed by atoms with Gasteiger partial charge < -0.3 is 9.47 Å². The monoisotopic (exact) mass is 290 g/mol. The van der Waals surface area contributed by atoms with E-state index in [1.165, 1.54) is 6.33 Å². The second kappa shape index (κ2) is 5.74. The highest BCUT2D eigenvalue weighted by atomic mass is 16.5. The van der Waals surface area contributed by atoms with E-state index in [0.717, 1.165) is 27.7 Å². The Morgan fingerprint density at radius 3 is 2.45 bits per heavy atom. The molecule has 22 heavy (non-hydrogen) atoms. The van der Waals surface area contributed by atoms with Crippen LogP contribution in [0.4, 0.5) is 0 Å². The molecular weight excluding hydrogens is 276 g/mol. The van der Waals surface area contributed by atoms with E-state index < -0.39 is 0 Å². The molecule has 0 radical (unpaired) electrons. The minimum absolute atomic E-state index is 0.629. The van der Waals surface area contributed by atoms with Gasteiger partial charge in [0.2, 0.25) is 0 Å². The van der Waals surface area contributed by atoms with E-state index in [2.05, 4.69) is 15.9 Å². The van der Waals surface area contributed by atoms with Gasteiger partial charge in [-0.1, -0.05) is 24.1 Å². The van der Waals surface area contributed by atoms with Crippen LogP contribution in [0.3, 0.4) is 0 Å². The Kier molecular flexibility index (Phi) is 3.63. The first-order valence-electron chi connectivity index (χ1n) is 6.71. The number of aromatic nitrogens is 2. The summed E-state index contributed by atoms with van der Waals surface area (Å²) >= 11 is 0. The smallest absolute Gasteiger partial charge is 0.162 e. The van der Waals surface area contributed by atoms with Crippen LogP contribution in [-0.2, 0) is 0 Å². The lowest BCUT2D eigenvalue weighted by Gasteiger charge is -2.11. The molecule has 0 unspecified atom stereocenters. The molecule has 0 N–H and O–H groups in total. The number of benzene rings is 2. The van der Waals surface area contributed by atoms with Crippen molar-refractivity contribution in [2.45, 2.75) is 0 Å². The van der Waals surface area contributed by atoms with E-state index in [9.17, 15) is 0 Å². The summed E-state index contributed by atoms with van der Waals surface area (Å²) in [6.45, 7) is 0. The van der Waals surface area contributed by atoms with E-state index in [-0.39, 0.29) is 0 Å². The lowest BCUT2D eigenvalue weighted by Crippen LogP contribution is -1.95. The van der Waals surface area contributed by atoms with Crippen LogP contribution in [-0.4, -0.2) is 24.2 Å². The van der Waals surface area contributed by atoms with Crippen LogP contribution in [0, 0.1) is 12.3 Å². The van der Waals surface area contributed by atoms with Gasteiger partial charge in [-0.05, 0) is 12.1 Å². The third-order valence-corrected chi connectivity index (χ3v) is 3.48. The molecule has 1 heterocycles. The van der Waals surface area contributed by atoms with Crippen molar-refractivity contribution in [2.24, 2.45) is 0 Å². The molecule has 0 atom stereocenters. The zero-order valence-electron chi connectivity index (χ0n) is 12.3. The number of ether oxygens (including phenoxy) is 2. The topological polar surface area (TPSA) is 44.2 Å². The third kappa shape index (κ3) is 2.23. The van der Waals surface area contributed by atoms with Crippen molar-refractivity contribution in [3.8, 4) is 35.1 Å². The summed E-state index contributed by atoms with van der Waals surface area (Å²) < 4.78 is 10.7. The fourth-order valence-corrected chi connectivity index (χ4v) is 2.41. The molecule has 4 nitrogen and oxygen atoms in total. The zero-order valence-corrected chi connectivity index (χ0v) is 12.3. The van der Waals surface area contributed by atoms with E-state index in [4.69, 9.17) is 15.9 Å². The normalized spacial score (nSPS) is 10.2. The number of fused-ring (bicyclic) bond motifs is 1. The highest BCUT2D eigenvalue weighted by molar-refractivity contribution is 5.95. The molecule has 0 aliphatic rings. The first-order chi connectivity index (χ1) is 10.8. The molecule has 3 rings (SSSR count). The van der Waals surface area contributed by atoms with Crippen molar-refractivity contribution in [1.82, 2.24) is 9.97 Å². The lowest BCUT2D eigenvalue weighted by molar-refractivity contribution is 0.356. The van der Waals surface area contributed by atoms with Crippen LogP contribution in [0.1, 0.15) is 5.56 Å². The minimum Gasteiger partial charge on any atom is -0.493 e. The molecule has 0 aliphatic heterocycles. The van der Waals surface area contributed by atoms with Crippen molar-refractivity contribution in [2.75, 3.05) is 14.2 Å².